The van der Waals surface area contributed by atoms with Gasteiger partial charge in [0.05, 0.1) is 12.2 Å². The maximum absolute atomic E-state index is 11.9. The smallest absolute Gasteiger partial charge is 0.248 e. The van der Waals surface area contributed by atoms with Gasteiger partial charge in [0.25, 0.3) is 0 Å². The van der Waals surface area contributed by atoms with Crippen LogP contribution in [0.1, 0.15) is 24.8 Å². The summed E-state index contributed by atoms with van der Waals surface area (Å²) in [6.45, 7) is 2.62. The van der Waals surface area contributed by atoms with Gasteiger partial charge in [0.2, 0.25) is 5.91 Å². The van der Waals surface area contributed by atoms with Gasteiger partial charge in [-0.1, -0.05) is 30.3 Å². The highest BCUT2D eigenvalue weighted by Gasteiger charge is 2.43. The number of rotatable bonds is 4. The van der Waals surface area contributed by atoms with Crippen LogP contribution in [0.5, 0.6) is 0 Å². The van der Waals surface area contributed by atoms with E-state index in [-0.39, 0.29) is 18.1 Å². The molecular formula is C18H25NO3. The summed E-state index contributed by atoms with van der Waals surface area (Å²) in [5.41, 5.74) is 1.39. The molecule has 3 rings (SSSR count). The third-order valence-corrected chi connectivity index (χ3v) is 4.95. The third-order valence-electron chi connectivity index (χ3n) is 4.95. The van der Waals surface area contributed by atoms with Gasteiger partial charge >= 0.3 is 0 Å². The number of carbonyl (C=O) groups excluding carboxylic acids is 1. The number of likely N-dealkylation sites (tertiary alicyclic amines) is 1. The topological polar surface area (TPSA) is 38.8 Å². The fourth-order valence-corrected chi connectivity index (χ4v) is 3.74. The third kappa shape index (κ3) is 3.50. The molecule has 0 radical (unpaired) electrons. The molecule has 0 aliphatic carbocycles. The molecule has 1 unspecified atom stereocenters. The number of amides is 1. The first-order chi connectivity index (χ1) is 10.7. The number of hydrogen-bond donors (Lipinski definition) is 0. The number of methoxy groups -OCH3 is 1. The Hall–Kier alpha value is -1.39. The van der Waals surface area contributed by atoms with Gasteiger partial charge in [0.15, 0.2) is 0 Å². The second-order valence-electron chi connectivity index (χ2n) is 6.57. The van der Waals surface area contributed by atoms with E-state index in [0.717, 1.165) is 45.4 Å². The summed E-state index contributed by atoms with van der Waals surface area (Å²) in [7, 11) is 1.57. The van der Waals surface area contributed by atoms with E-state index >= 15 is 0 Å². The van der Waals surface area contributed by atoms with E-state index in [1.807, 2.05) is 4.90 Å². The molecule has 0 saturated carbocycles. The molecule has 1 aromatic rings. The van der Waals surface area contributed by atoms with Crippen LogP contribution >= 0.6 is 0 Å². The normalized spacial score (nSPS) is 23.9. The van der Waals surface area contributed by atoms with E-state index < -0.39 is 0 Å². The number of carbonyl (C=O) groups is 1. The Morgan fingerprint density at radius 3 is 2.73 bits per heavy atom. The summed E-state index contributed by atoms with van der Waals surface area (Å²) >= 11 is 0. The lowest BCUT2D eigenvalue weighted by Crippen LogP contribution is -2.47. The van der Waals surface area contributed by atoms with Gasteiger partial charge in [-0.05, 0) is 37.2 Å². The van der Waals surface area contributed by atoms with E-state index in [4.69, 9.17) is 9.47 Å². The second kappa shape index (κ2) is 6.80. The van der Waals surface area contributed by atoms with Gasteiger partial charge < -0.3 is 14.4 Å². The SMILES string of the molecule is COCC(=O)N1CCC2(CC1)CC(Cc1ccccc1)CO2. The highest BCUT2D eigenvalue weighted by molar-refractivity contribution is 5.77. The van der Waals surface area contributed by atoms with E-state index in [1.54, 1.807) is 7.11 Å². The quantitative estimate of drug-likeness (QED) is 0.856. The van der Waals surface area contributed by atoms with Crippen LogP contribution in [0.3, 0.4) is 0 Å². The first-order valence-electron chi connectivity index (χ1n) is 8.15. The van der Waals surface area contributed by atoms with Crippen LogP contribution in [0, 0.1) is 5.92 Å². The zero-order chi connectivity index (χ0) is 15.4. The predicted octanol–water partition coefficient (Wildman–Crippen LogP) is 2.27. The van der Waals surface area contributed by atoms with Crippen molar-refractivity contribution in [3.8, 4) is 0 Å². The van der Waals surface area contributed by atoms with Gasteiger partial charge in [-0.25, -0.2) is 0 Å². The highest BCUT2D eigenvalue weighted by Crippen LogP contribution is 2.39. The second-order valence-corrected chi connectivity index (χ2v) is 6.57. The van der Waals surface area contributed by atoms with Crippen molar-refractivity contribution in [3.05, 3.63) is 35.9 Å². The molecule has 2 aliphatic heterocycles. The van der Waals surface area contributed by atoms with E-state index in [2.05, 4.69) is 30.3 Å². The Balaban J connectivity index is 1.51. The molecule has 0 N–H and O–H groups in total. The highest BCUT2D eigenvalue weighted by atomic mass is 16.5. The molecule has 0 bridgehead atoms. The van der Waals surface area contributed by atoms with Crippen molar-refractivity contribution in [1.29, 1.82) is 0 Å². The van der Waals surface area contributed by atoms with Crippen molar-refractivity contribution in [2.24, 2.45) is 5.92 Å². The molecule has 2 aliphatic rings. The largest absolute Gasteiger partial charge is 0.375 e. The molecule has 2 saturated heterocycles. The molecule has 2 heterocycles. The Labute approximate surface area is 132 Å². The molecule has 2 fully saturated rings. The summed E-state index contributed by atoms with van der Waals surface area (Å²) in [5, 5.41) is 0. The van der Waals surface area contributed by atoms with Crippen LogP contribution in [0.4, 0.5) is 0 Å². The number of nitrogens with zero attached hydrogens (tertiary/aromatic N) is 1. The van der Waals surface area contributed by atoms with Crippen LogP contribution in [-0.2, 0) is 20.7 Å². The summed E-state index contributed by atoms with van der Waals surface area (Å²) < 4.78 is 11.1. The average Bonchev–Trinajstić information content (AvgIpc) is 2.92. The first-order valence-corrected chi connectivity index (χ1v) is 8.15. The van der Waals surface area contributed by atoms with Gasteiger partial charge in [-0.2, -0.15) is 0 Å². The van der Waals surface area contributed by atoms with Crippen LogP contribution in [0.2, 0.25) is 0 Å². The Morgan fingerprint density at radius 2 is 2.05 bits per heavy atom. The lowest BCUT2D eigenvalue weighted by molar-refractivity contribution is -0.139. The summed E-state index contributed by atoms with van der Waals surface area (Å²) in [6.07, 6.45) is 4.12. The Kier molecular flexibility index (Phi) is 4.79. The maximum atomic E-state index is 11.9. The van der Waals surface area contributed by atoms with Crippen LogP contribution < -0.4 is 0 Å². The Morgan fingerprint density at radius 1 is 1.32 bits per heavy atom. The average molecular weight is 303 g/mol. The van der Waals surface area contributed by atoms with E-state index in [0.29, 0.717) is 5.92 Å². The molecule has 1 aromatic carbocycles. The minimum absolute atomic E-state index is 0.00327. The van der Waals surface area contributed by atoms with Crippen LogP contribution in [-0.4, -0.2) is 49.8 Å². The summed E-state index contributed by atoms with van der Waals surface area (Å²) in [6, 6.07) is 10.6. The van der Waals surface area contributed by atoms with Gasteiger partial charge in [-0.3, -0.25) is 4.79 Å². The lowest BCUT2D eigenvalue weighted by Gasteiger charge is -2.38. The summed E-state index contributed by atoms with van der Waals surface area (Å²) in [4.78, 5) is 13.8. The zero-order valence-corrected chi connectivity index (χ0v) is 13.3. The van der Waals surface area contributed by atoms with E-state index in [1.165, 1.54) is 5.56 Å². The number of hydrogen-bond acceptors (Lipinski definition) is 3. The molecular weight excluding hydrogens is 278 g/mol. The van der Waals surface area contributed by atoms with Crippen molar-refractivity contribution in [2.75, 3.05) is 33.4 Å². The predicted molar refractivity (Wildman–Crippen MR) is 84.6 cm³/mol. The first kappa shape index (κ1) is 15.5. The monoisotopic (exact) mass is 303 g/mol. The van der Waals surface area contributed by atoms with Crippen molar-refractivity contribution in [3.63, 3.8) is 0 Å². The van der Waals surface area contributed by atoms with Crippen molar-refractivity contribution >= 4 is 5.91 Å². The molecule has 1 amide bonds. The van der Waals surface area contributed by atoms with E-state index in [9.17, 15) is 4.79 Å². The molecule has 120 valence electrons. The Bertz CT molecular complexity index is 494. The minimum atomic E-state index is 0.00327. The molecule has 22 heavy (non-hydrogen) atoms. The van der Waals surface area contributed by atoms with Gasteiger partial charge in [0.1, 0.15) is 6.61 Å². The zero-order valence-electron chi connectivity index (χ0n) is 13.3. The van der Waals surface area contributed by atoms with Crippen molar-refractivity contribution in [1.82, 2.24) is 4.90 Å². The maximum Gasteiger partial charge on any atom is 0.248 e. The number of benzene rings is 1. The standard InChI is InChI=1S/C18H25NO3/c1-21-14-17(20)19-9-7-18(8-10-19)12-16(13-22-18)11-15-5-3-2-4-6-15/h2-6,16H,7-14H2,1H3. The lowest BCUT2D eigenvalue weighted by atomic mass is 9.83. The molecule has 1 spiro atoms. The molecule has 4 nitrogen and oxygen atoms in total. The van der Waals surface area contributed by atoms with Crippen LogP contribution in [0.15, 0.2) is 30.3 Å². The fraction of sp³-hybridized carbons (Fsp3) is 0.611. The van der Waals surface area contributed by atoms with Gasteiger partial charge in [0, 0.05) is 20.2 Å². The van der Waals surface area contributed by atoms with Gasteiger partial charge in [-0.15, -0.1) is 0 Å². The molecule has 1 atom stereocenters. The molecule has 4 heteroatoms. The number of piperidine rings is 1. The summed E-state index contributed by atoms with van der Waals surface area (Å²) in [5.74, 6) is 0.694. The van der Waals surface area contributed by atoms with Crippen LogP contribution in [0.25, 0.3) is 0 Å². The van der Waals surface area contributed by atoms with Crippen molar-refractivity contribution in [2.45, 2.75) is 31.3 Å². The number of ether oxygens (including phenoxy) is 2. The fourth-order valence-electron chi connectivity index (χ4n) is 3.74. The minimum Gasteiger partial charge on any atom is -0.375 e. The van der Waals surface area contributed by atoms with Crippen molar-refractivity contribution < 1.29 is 14.3 Å². The molecule has 0 aromatic heterocycles.